The second kappa shape index (κ2) is 11.8. The molecule has 1 atom stereocenters. The summed E-state index contributed by atoms with van der Waals surface area (Å²) in [5.41, 5.74) is 0. The standard InChI is InChI=1S/C14H28O/c1-4-7-9-10-14(6-3)11-13-15-12-8-5-2/h4,14H,1,5-13H2,2-3H3. The van der Waals surface area contributed by atoms with E-state index in [2.05, 4.69) is 20.4 Å². The van der Waals surface area contributed by atoms with Crippen LogP contribution in [-0.4, -0.2) is 13.2 Å². The van der Waals surface area contributed by atoms with E-state index in [0.717, 1.165) is 25.6 Å². The zero-order chi connectivity index (χ0) is 11.4. The zero-order valence-electron chi connectivity index (χ0n) is 10.6. The maximum absolute atomic E-state index is 5.59. The van der Waals surface area contributed by atoms with E-state index in [0.29, 0.717) is 0 Å². The highest BCUT2D eigenvalue weighted by Crippen LogP contribution is 2.16. The highest BCUT2D eigenvalue weighted by atomic mass is 16.5. The Kier molecular flexibility index (Phi) is 11.5. The molecule has 0 aliphatic heterocycles. The van der Waals surface area contributed by atoms with Gasteiger partial charge in [0.1, 0.15) is 0 Å². The van der Waals surface area contributed by atoms with Crippen LogP contribution in [-0.2, 0) is 4.74 Å². The summed E-state index contributed by atoms with van der Waals surface area (Å²) in [4.78, 5) is 0. The van der Waals surface area contributed by atoms with Gasteiger partial charge < -0.3 is 4.74 Å². The highest BCUT2D eigenvalue weighted by molar-refractivity contribution is 4.67. The third-order valence-electron chi connectivity index (χ3n) is 2.91. The molecular weight excluding hydrogens is 184 g/mol. The van der Waals surface area contributed by atoms with Crippen molar-refractivity contribution in [2.24, 2.45) is 5.92 Å². The summed E-state index contributed by atoms with van der Waals surface area (Å²) in [6.45, 7) is 10.1. The Labute approximate surface area is 95.9 Å². The molecule has 0 bridgehead atoms. The molecule has 0 saturated heterocycles. The summed E-state index contributed by atoms with van der Waals surface area (Å²) in [7, 11) is 0. The summed E-state index contributed by atoms with van der Waals surface area (Å²) in [5.74, 6) is 0.853. The van der Waals surface area contributed by atoms with Gasteiger partial charge in [-0.25, -0.2) is 0 Å². The second-order valence-electron chi connectivity index (χ2n) is 4.25. The lowest BCUT2D eigenvalue weighted by molar-refractivity contribution is 0.115. The summed E-state index contributed by atoms with van der Waals surface area (Å²) in [6.07, 6.45) is 10.8. The van der Waals surface area contributed by atoms with Crippen LogP contribution in [0.5, 0.6) is 0 Å². The molecular formula is C14H28O. The van der Waals surface area contributed by atoms with Crippen LogP contribution in [0.15, 0.2) is 12.7 Å². The number of rotatable bonds is 11. The molecule has 1 heteroatoms. The van der Waals surface area contributed by atoms with Crippen LogP contribution in [0, 0.1) is 5.92 Å². The minimum Gasteiger partial charge on any atom is -0.381 e. The molecule has 0 aromatic carbocycles. The van der Waals surface area contributed by atoms with Gasteiger partial charge in [0.15, 0.2) is 0 Å². The smallest absolute Gasteiger partial charge is 0.0468 e. The Balaban J connectivity index is 3.31. The summed E-state index contributed by atoms with van der Waals surface area (Å²) in [5, 5.41) is 0. The molecule has 0 aromatic rings. The zero-order valence-corrected chi connectivity index (χ0v) is 10.6. The average Bonchev–Trinajstić information content (AvgIpc) is 2.26. The first-order chi connectivity index (χ1) is 7.35. The minimum absolute atomic E-state index is 0.853. The first-order valence-electron chi connectivity index (χ1n) is 6.53. The summed E-state index contributed by atoms with van der Waals surface area (Å²) < 4.78 is 5.59. The fraction of sp³-hybridized carbons (Fsp3) is 0.857. The first kappa shape index (κ1) is 14.7. The Morgan fingerprint density at radius 2 is 1.93 bits per heavy atom. The maximum atomic E-state index is 5.59. The van der Waals surface area contributed by atoms with Crippen LogP contribution in [0.3, 0.4) is 0 Å². The van der Waals surface area contributed by atoms with E-state index in [1.165, 1.54) is 38.5 Å². The molecule has 15 heavy (non-hydrogen) atoms. The monoisotopic (exact) mass is 212 g/mol. The summed E-state index contributed by atoms with van der Waals surface area (Å²) >= 11 is 0. The molecule has 0 rings (SSSR count). The third-order valence-corrected chi connectivity index (χ3v) is 2.91. The van der Waals surface area contributed by atoms with Gasteiger partial charge in [0, 0.05) is 13.2 Å². The van der Waals surface area contributed by atoms with Gasteiger partial charge >= 0.3 is 0 Å². The normalized spacial score (nSPS) is 12.7. The molecule has 0 aliphatic rings. The molecule has 0 radical (unpaired) electrons. The largest absolute Gasteiger partial charge is 0.381 e. The van der Waals surface area contributed by atoms with Crippen molar-refractivity contribution in [2.45, 2.75) is 58.8 Å². The number of hydrogen-bond donors (Lipinski definition) is 0. The molecule has 0 spiro atoms. The van der Waals surface area contributed by atoms with Crippen LogP contribution >= 0.6 is 0 Å². The lowest BCUT2D eigenvalue weighted by Gasteiger charge is -2.14. The van der Waals surface area contributed by atoms with Gasteiger partial charge in [-0.2, -0.15) is 0 Å². The number of unbranched alkanes of at least 4 members (excludes halogenated alkanes) is 2. The van der Waals surface area contributed by atoms with Crippen LogP contribution in [0.1, 0.15) is 58.8 Å². The van der Waals surface area contributed by atoms with E-state index in [9.17, 15) is 0 Å². The highest BCUT2D eigenvalue weighted by Gasteiger charge is 2.05. The molecule has 1 nitrogen and oxygen atoms in total. The lowest BCUT2D eigenvalue weighted by Crippen LogP contribution is -2.05. The van der Waals surface area contributed by atoms with E-state index < -0.39 is 0 Å². The topological polar surface area (TPSA) is 9.23 Å². The van der Waals surface area contributed by atoms with Crippen molar-refractivity contribution in [2.75, 3.05) is 13.2 Å². The first-order valence-corrected chi connectivity index (χ1v) is 6.53. The maximum Gasteiger partial charge on any atom is 0.0468 e. The predicted octanol–water partition coefficient (Wildman–Crippen LogP) is 4.58. The molecule has 0 amide bonds. The van der Waals surface area contributed by atoms with Crippen molar-refractivity contribution >= 4 is 0 Å². The Bertz CT molecular complexity index is 131. The molecule has 0 aromatic heterocycles. The van der Waals surface area contributed by atoms with Gasteiger partial charge in [0.05, 0.1) is 0 Å². The molecule has 0 heterocycles. The molecule has 0 fully saturated rings. The van der Waals surface area contributed by atoms with Gasteiger partial charge in [0.2, 0.25) is 0 Å². The number of hydrogen-bond acceptors (Lipinski definition) is 1. The molecule has 90 valence electrons. The Morgan fingerprint density at radius 1 is 1.13 bits per heavy atom. The Hall–Kier alpha value is -0.300. The van der Waals surface area contributed by atoms with Crippen LogP contribution in [0.2, 0.25) is 0 Å². The quantitative estimate of drug-likeness (QED) is 0.360. The van der Waals surface area contributed by atoms with Crippen molar-refractivity contribution in [1.29, 1.82) is 0 Å². The van der Waals surface area contributed by atoms with E-state index in [-0.39, 0.29) is 0 Å². The number of allylic oxidation sites excluding steroid dienone is 1. The van der Waals surface area contributed by atoms with Gasteiger partial charge in [-0.05, 0) is 31.6 Å². The predicted molar refractivity (Wildman–Crippen MR) is 68.2 cm³/mol. The summed E-state index contributed by atoms with van der Waals surface area (Å²) in [6, 6.07) is 0. The van der Waals surface area contributed by atoms with E-state index in [1.807, 2.05) is 6.08 Å². The van der Waals surface area contributed by atoms with Crippen LogP contribution in [0.4, 0.5) is 0 Å². The van der Waals surface area contributed by atoms with Crippen molar-refractivity contribution in [3.63, 3.8) is 0 Å². The van der Waals surface area contributed by atoms with Crippen molar-refractivity contribution in [3.8, 4) is 0 Å². The van der Waals surface area contributed by atoms with Crippen LogP contribution in [0.25, 0.3) is 0 Å². The van der Waals surface area contributed by atoms with Crippen molar-refractivity contribution < 1.29 is 4.74 Å². The molecule has 0 aliphatic carbocycles. The number of ether oxygens (including phenoxy) is 1. The van der Waals surface area contributed by atoms with E-state index in [4.69, 9.17) is 4.74 Å². The Morgan fingerprint density at radius 3 is 2.53 bits per heavy atom. The van der Waals surface area contributed by atoms with Gasteiger partial charge in [0.25, 0.3) is 0 Å². The van der Waals surface area contributed by atoms with E-state index >= 15 is 0 Å². The fourth-order valence-electron chi connectivity index (χ4n) is 1.70. The lowest BCUT2D eigenvalue weighted by atomic mass is 9.96. The molecule has 0 saturated carbocycles. The van der Waals surface area contributed by atoms with Gasteiger partial charge in [-0.1, -0.05) is 39.2 Å². The molecule has 0 N–H and O–H groups in total. The fourth-order valence-corrected chi connectivity index (χ4v) is 1.70. The van der Waals surface area contributed by atoms with Crippen molar-refractivity contribution in [1.82, 2.24) is 0 Å². The average molecular weight is 212 g/mol. The molecule has 1 unspecified atom stereocenters. The van der Waals surface area contributed by atoms with Gasteiger partial charge in [-0.3, -0.25) is 0 Å². The minimum atomic E-state index is 0.853. The van der Waals surface area contributed by atoms with Gasteiger partial charge in [-0.15, -0.1) is 6.58 Å². The SMILES string of the molecule is C=CCCCC(CC)CCOCCCC. The third kappa shape index (κ3) is 9.99. The van der Waals surface area contributed by atoms with Crippen molar-refractivity contribution in [3.05, 3.63) is 12.7 Å². The van der Waals surface area contributed by atoms with E-state index in [1.54, 1.807) is 0 Å². The van der Waals surface area contributed by atoms with Crippen LogP contribution < -0.4 is 0 Å². The second-order valence-corrected chi connectivity index (χ2v) is 4.25.